The molecule has 0 atom stereocenters. The van der Waals surface area contributed by atoms with Crippen LogP contribution in [0.25, 0.3) is 0 Å². The van der Waals surface area contributed by atoms with Crippen molar-refractivity contribution in [2.75, 3.05) is 13.1 Å². The number of aromatic nitrogens is 1. The summed E-state index contributed by atoms with van der Waals surface area (Å²) in [7, 11) is 0. The molecule has 0 aliphatic carbocycles. The van der Waals surface area contributed by atoms with Crippen molar-refractivity contribution in [3.63, 3.8) is 0 Å². The molecule has 3 nitrogen and oxygen atoms in total. The molecule has 1 aromatic carbocycles. The number of likely N-dealkylation sites (tertiary alicyclic amines) is 1. The molecular formula is C17H19ClFN3. The summed E-state index contributed by atoms with van der Waals surface area (Å²) in [5.74, 6) is -0.411. The van der Waals surface area contributed by atoms with Crippen LogP contribution in [0.3, 0.4) is 0 Å². The zero-order valence-corrected chi connectivity index (χ0v) is 13.1. The first-order chi connectivity index (χ1) is 10.6. The first kappa shape index (κ1) is 15.4. The Morgan fingerprint density at radius 3 is 2.55 bits per heavy atom. The van der Waals surface area contributed by atoms with E-state index >= 15 is 0 Å². The maximum Gasteiger partial charge on any atom is 0.148 e. The Bertz CT molecular complexity index is 640. The van der Waals surface area contributed by atoms with Crippen molar-refractivity contribution in [1.82, 2.24) is 9.88 Å². The van der Waals surface area contributed by atoms with Gasteiger partial charge in [-0.25, -0.2) is 4.39 Å². The molecule has 1 saturated heterocycles. The molecule has 0 spiro atoms. The van der Waals surface area contributed by atoms with Crippen molar-refractivity contribution in [3.05, 3.63) is 64.7 Å². The number of hydrogen-bond acceptors (Lipinski definition) is 3. The maximum atomic E-state index is 14.1. The highest BCUT2D eigenvalue weighted by molar-refractivity contribution is 6.30. The molecule has 5 heteroatoms. The molecule has 1 aliphatic heterocycles. The zero-order chi connectivity index (χ0) is 15.6. The van der Waals surface area contributed by atoms with Gasteiger partial charge in [-0.05, 0) is 24.5 Å². The second-order valence-corrected chi connectivity index (χ2v) is 6.34. The minimum Gasteiger partial charge on any atom is -0.320 e. The van der Waals surface area contributed by atoms with E-state index in [1.807, 2.05) is 18.2 Å². The summed E-state index contributed by atoms with van der Waals surface area (Å²) < 4.78 is 14.1. The number of nitrogens with zero attached hydrogens (tertiary/aromatic N) is 2. The largest absolute Gasteiger partial charge is 0.320 e. The van der Waals surface area contributed by atoms with Crippen LogP contribution in [0.2, 0.25) is 5.02 Å². The van der Waals surface area contributed by atoms with Crippen LogP contribution in [0.15, 0.2) is 42.6 Å². The third-order valence-electron chi connectivity index (χ3n) is 4.28. The number of rotatable bonds is 3. The Labute approximate surface area is 134 Å². The van der Waals surface area contributed by atoms with E-state index in [1.165, 1.54) is 17.8 Å². The fourth-order valence-electron chi connectivity index (χ4n) is 2.97. The topological polar surface area (TPSA) is 42.1 Å². The molecular weight excluding hydrogens is 301 g/mol. The highest BCUT2D eigenvalue weighted by atomic mass is 35.5. The Hall–Kier alpha value is -1.49. The fourth-order valence-corrected chi connectivity index (χ4v) is 3.11. The van der Waals surface area contributed by atoms with E-state index in [4.69, 9.17) is 17.3 Å². The number of nitrogens with two attached hydrogens (primary N) is 1. The summed E-state index contributed by atoms with van der Waals surface area (Å²) >= 11 is 5.76. The van der Waals surface area contributed by atoms with E-state index in [1.54, 1.807) is 0 Å². The van der Waals surface area contributed by atoms with E-state index < -0.39 is 11.4 Å². The van der Waals surface area contributed by atoms with Gasteiger partial charge >= 0.3 is 0 Å². The molecule has 1 aliphatic rings. The Kier molecular flexibility index (Phi) is 4.43. The zero-order valence-electron chi connectivity index (χ0n) is 12.3. The lowest BCUT2D eigenvalue weighted by molar-refractivity contribution is 0.150. The molecule has 2 N–H and O–H groups in total. The Balaban J connectivity index is 1.67. The molecule has 0 unspecified atom stereocenters. The monoisotopic (exact) mass is 319 g/mol. The minimum atomic E-state index is -0.706. The highest BCUT2D eigenvalue weighted by Crippen LogP contribution is 2.31. The van der Waals surface area contributed by atoms with Crippen LogP contribution in [-0.2, 0) is 12.1 Å². The van der Waals surface area contributed by atoms with Crippen molar-refractivity contribution in [2.45, 2.75) is 24.9 Å². The van der Waals surface area contributed by atoms with Crippen molar-refractivity contribution >= 4 is 11.6 Å². The van der Waals surface area contributed by atoms with Gasteiger partial charge in [0.05, 0.1) is 16.3 Å². The summed E-state index contributed by atoms with van der Waals surface area (Å²) in [4.78, 5) is 6.47. The molecule has 0 amide bonds. The van der Waals surface area contributed by atoms with Crippen molar-refractivity contribution in [2.24, 2.45) is 5.73 Å². The third kappa shape index (κ3) is 3.29. The van der Waals surface area contributed by atoms with Gasteiger partial charge in [0.1, 0.15) is 5.82 Å². The first-order valence-electron chi connectivity index (χ1n) is 7.43. The van der Waals surface area contributed by atoms with Gasteiger partial charge in [-0.3, -0.25) is 9.88 Å². The fraction of sp³-hybridized carbons (Fsp3) is 0.353. The molecule has 1 aromatic heterocycles. The average molecular weight is 320 g/mol. The van der Waals surface area contributed by atoms with E-state index in [2.05, 4.69) is 22.0 Å². The van der Waals surface area contributed by atoms with Gasteiger partial charge in [-0.2, -0.15) is 0 Å². The van der Waals surface area contributed by atoms with Gasteiger partial charge < -0.3 is 5.73 Å². The van der Waals surface area contributed by atoms with Gasteiger partial charge in [-0.15, -0.1) is 0 Å². The molecule has 2 heterocycles. The average Bonchev–Trinajstić information content (AvgIpc) is 2.51. The number of halogens is 2. The summed E-state index contributed by atoms with van der Waals surface area (Å²) in [6.45, 7) is 2.55. The van der Waals surface area contributed by atoms with Crippen LogP contribution in [0.1, 0.15) is 24.1 Å². The maximum absolute atomic E-state index is 14.1. The normalized spacial score (nSPS) is 18.3. The molecule has 3 rings (SSSR count). The van der Waals surface area contributed by atoms with Gasteiger partial charge in [0.15, 0.2) is 0 Å². The number of hydrogen-bond donors (Lipinski definition) is 1. The summed E-state index contributed by atoms with van der Waals surface area (Å²) in [5, 5.41) is 0.298. The van der Waals surface area contributed by atoms with E-state index in [0.29, 0.717) is 23.6 Å². The SMILES string of the molecule is NC1(c2ncc(Cl)cc2F)CCN(Cc2ccccc2)CC1. The summed E-state index contributed by atoms with van der Waals surface area (Å²) in [6.07, 6.45) is 2.84. The molecule has 0 radical (unpaired) electrons. The van der Waals surface area contributed by atoms with Gasteiger partial charge in [0.2, 0.25) is 0 Å². The first-order valence-corrected chi connectivity index (χ1v) is 7.81. The van der Waals surface area contributed by atoms with Gasteiger partial charge in [0.25, 0.3) is 0 Å². The van der Waals surface area contributed by atoms with Crippen LogP contribution in [0, 0.1) is 5.82 Å². The lowest BCUT2D eigenvalue weighted by Gasteiger charge is -2.39. The minimum absolute atomic E-state index is 0.298. The van der Waals surface area contributed by atoms with Crippen molar-refractivity contribution in [3.8, 4) is 0 Å². The molecule has 1 fully saturated rings. The van der Waals surface area contributed by atoms with E-state index in [0.717, 1.165) is 19.6 Å². The van der Waals surface area contributed by atoms with Crippen LogP contribution >= 0.6 is 11.6 Å². The number of pyridine rings is 1. The lowest BCUT2D eigenvalue weighted by Crippen LogP contribution is -2.48. The highest BCUT2D eigenvalue weighted by Gasteiger charge is 2.35. The number of piperidine rings is 1. The predicted octanol–water partition coefficient (Wildman–Crippen LogP) is 3.32. The van der Waals surface area contributed by atoms with Crippen LogP contribution in [-0.4, -0.2) is 23.0 Å². The van der Waals surface area contributed by atoms with Gasteiger partial charge in [0, 0.05) is 25.8 Å². The second-order valence-electron chi connectivity index (χ2n) is 5.90. The molecule has 22 heavy (non-hydrogen) atoms. The van der Waals surface area contributed by atoms with E-state index in [9.17, 15) is 4.39 Å². The van der Waals surface area contributed by atoms with Crippen LogP contribution in [0.5, 0.6) is 0 Å². The summed E-state index contributed by atoms with van der Waals surface area (Å²) in [6, 6.07) is 11.6. The lowest BCUT2D eigenvalue weighted by atomic mass is 9.84. The predicted molar refractivity (Wildman–Crippen MR) is 86.0 cm³/mol. The number of benzene rings is 1. The second kappa shape index (κ2) is 6.32. The molecule has 2 aromatic rings. The smallest absolute Gasteiger partial charge is 0.148 e. The van der Waals surface area contributed by atoms with Crippen LogP contribution in [0.4, 0.5) is 4.39 Å². The Morgan fingerprint density at radius 1 is 1.23 bits per heavy atom. The van der Waals surface area contributed by atoms with E-state index in [-0.39, 0.29) is 0 Å². The van der Waals surface area contributed by atoms with Crippen molar-refractivity contribution in [1.29, 1.82) is 0 Å². The Morgan fingerprint density at radius 2 is 1.91 bits per heavy atom. The molecule has 0 saturated carbocycles. The summed E-state index contributed by atoms with van der Waals surface area (Å²) in [5.41, 5.74) is 7.32. The standard InChI is InChI=1S/C17H19ClFN3/c18-14-10-15(19)16(21-11-14)17(20)6-8-22(9-7-17)12-13-4-2-1-3-5-13/h1-5,10-11H,6-9,12,20H2. The molecule has 116 valence electrons. The molecule has 0 bridgehead atoms. The van der Waals surface area contributed by atoms with Crippen LogP contribution < -0.4 is 5.73 Å². The quantitative estimate of drug-likeness (QED) is 0.943. The van der Waals surface area contributed by atoms with Gasteiger partial charge in [-0.1, -0.05) is 41.9 Å². The van der Waals surface area contributed by atoms with Crippen molar-refractivity contribution < 1.29 is 4.39 Å². The third-order valence-corrected chi connectivity index (χ3v) is 4.48.